The second-order valence-corrected chi connectivity index (χ2v) is 4.67. The fourth-order valence-electron chi connectivity index (χ4n) is 2.19. The van der Waals surface area contributed by atoms with Crippen LogP contribution in [0, 0.1) is 5.82 Å². The van der Waals surface area contributed by atoms with E-state index in [0.717, 1.165) is 30.5 Å². The van der Waals surface area contributed by atoms with Gasteiger partial charge in [-0.05, 0) is 37.2 Å². The molecule has 3 heteroatoms. The minimum Gasteiger partial charge on any atom is -0.346 e. The summed E-state index contributed by atoms with van der Waals surface area (Å²) in [5.74, 6) is -0.169. The second-order valence-electron chi connectivity index (χ2n) is 4.67. The number of hydrogen-bond acceptors (Lipinski definition) is 1. The standard InChI is InChI=1S/C15H21FN2/c1-2-3-4-8-17-9-11-18-10-7-13-12-14(16)5-6-15(13)18/h5-7,10,12,17H,2-4,8-9,11H2,1H3. The third kappa shape index (κ3) is 3.33. The monoisotopic (exact) mass is 248 g/mol. The molecule has 0 atom stereocenters. The van der Waals surface area contributed by atoms with E-state index < -0.39 is 0 Å². The van der Waals surface area contributed by atoms with Crippen molar-refractivity contribution in [2.45, 2.75) is 32.7 Å². The zero-order valence-electron chi connectivity index (χ0n) is 11.0. The Morgan fingerprint density at radius 2 is 2.06 bits per heavy atom. The van der Waals surface area contributed by atoms with Gasteiger partial charge in [0.25, 0.3) is 0 Å². The molecule has 0 saturated carbocycles. The van der Waals surface area contributed by atoms with Gasteiger partial charge in [-0.3, -0.25) is 0 Å². The van der Waals surface area contributed by atoms with Crippen LogP contribution in [0.1, 0.15) is 26.2 Å². The number of nitrogens with one attached hydrogen (secondary N) is 1. The van der Waals surface area contributed by atoms with Crippen LogP contribution < -0.4 is 5.32 Å². The highest BCUT2D eigenvalue weighted by molar-refractivity contribution is 5.80. The van der Waals surface area contributed by atoms with E-state index in [2.05, 4.69) is 16.8 Å². The third-order valence-corrected chi connectivity index (χ3v) is 3.22. The topological polar surface area (TPSA) is 17.0 Å². The summed E-state index contributed by atoms with van der Waals surface area (Å²) in [7, 11) is 0. The first-order valence-electron chi connectivity index (χ1n) is 6.76. The molecule has 1 aromatic carbocycles. The average molecular weight is 248 g/mol. The normalized spacial score (nSPS) is 11.2. The van der Waals surface area contributed by atoms with E-state index in [-0.39, 0.29) is 5.82 Å². The number of aromatic nitrogens is 1. The number of benzene rings is 1. The summed E-state index contributed by atoms with van der Waals surface area (Å²) < 4.78 is 15.2. The van der Waals surface area contributed by atoms with E-state index in [9.17, 15) is 4.39 Å². The summed E-state index contributed by atoms with van der Waals surface area (Å²) in [6, 6.07) is 6.92. The molecule has 98 valence electrons. The van der Waals surface area contributed by atoms with Crippen molar-refractivity contribution in [2.75, 3.05) is 13.1 Å². The number of nitrogens with zero attached hydrogens (tertiary/aromatic N) is 1. The molecule has 0 aliphatic carbocycles. The Balaban J connectivity index is 1.84. The third-order valence-electron chi connectivity index (χ3n) is 3.22. The molecule has 18 heavy (non-hydrogen) atoms. The van der Waals surface area contributed by atoms with Crippen molar-refractivity contribution in [1.29, 1.82) is 0 Å². The molecule has 0 bridgehead atoms. The molecule has 0 unspecified atom stereocenters. The van der Waals surface area contributed by atoms with Crippen molar-refractivity contribution in [3.8, 4) is 0 Å². The minimum atomic E-state index is -0.169. The number of hydrogen-bond donors (Lipinski definition) is 1. The van der Waals surface area contributed by atoms with Crippen molar-refractivity contribution >= 4 is 10.9 Å². The molecule has 1 N–H and O–H groups in total. The van der Waals surface area contributed by atoms with Crippen LogP contribution in [0.15, 0.2) is 30.5 Å². The highest BCUT2D eigenvalue weighted by Gasteiger charge is 2.01. The molecular weight excluding hydrogens is 227 g/mol. The summed E-state index contributed by atoms with van der Waals surface area (Å²) >= 11 is 0. The lowest BCUT2D eigenvalue weighted by molar-refractivity contribution is 0.576. The lowest BCUT2D eigenvalue weighted by Gasteiger charge is -2.07. The predicted octanol–water partition coefficient (Wildman–Crippen LogP) is 3.56. The van der Waals surface area contributed by atoms with Crippen LogP contribution in [0.25, 0.3) is 10.9 Å². The molecule has 0 aliphatic heterocycles. The Morgan fingerprint density at radius 1 is 1.17 bits per heavy atom. The van der Waals surface area contributed by atoms with E-state index in [4.69, 9.17) is 0 Å². The molecule has 2 aromatic rings. The number of fused-ring (bicyclic) bond motifs is 1. The Morgan fingerprint density at radius 3 is 2.89 bits per heavy atom. The minimum absolute atomic E-state index is 0.169. The van der Waals surface area contributed by atoms with Crippen LogP contribution in [0.2, 0.25) is 0 Å². The smallest absolute Gasteiger partial charge is 0.123 e. The molecule has 2 rings (SSSR count). The van der Waals surface area contributed by atoms with Gasteiger partial charge in [0.2, 0.25) is 0 Å². The van der Waals surface area contributed by atoms with Gasteiger partial charge in [-0.1, -0.05) is 19.8 Å². The average Bonchev–Trinajstić information content (AvgIpc) is 2.76. The van der Waals surface area contributed by atoms with E-state index in [1.807, 2.05) is 18.3 Å². The van der Waals surface area contributed by atoms with E-state index in [0.29, 0.717) is 0 Å². The van der Waals surface area contributed by atoms with Gasteiger partial charge in [-0.25, -0.2) is 4.39 Å². The number of unbranched alkanes of at least 4 members (excludes halogenated alkanes) is 2. The first-order valence-corrected chi connectivity index (χ1v) is 6.76. The fourth-order valence-corrected chi connectivity index (χ4v) is 2.19. The van der Waals surface area contributed by atoms with E-state index >= 15 is 0 Å². The van der Waals surface area contributed by atoms with Gasteiger partial charge >= 0.3 is 0 Å². The summed E-state index contributed by atoms with van der Waals surface area (Å²) in [4.78, 5) is 0. The zero-order valence-corrected chi connectivity index (χ0v) is 11.0. The molecule has 2 nitrogen and oxygen atoms in total. The van der Waals surface area contributed by atoms with Gasteiger partial charge in [0.15, 0.2) is 0 Å². The van der Waals surface area contributed by atoms with Crippen LogP contribution in [-0.2, 0) is 6.54 Å². The largest absolute Gasteiger partial charge is 0.346 e. The number of halogens is 1. The van der Waals surface area contributed by atoms with Crippen LogP contribution >= 0.6 is 0 Å². The molecule has 0 aliphatic rings. The Kier molecular flexibility index (Phi) is 4.76. The van der Waals surface area contributed by atoms with Gasteiger partial charge in [0, 0.05) is 30.2 Å². The molecule has 0 radical (unpaired) electrons. The maximum Gasteiger partial charge on any atom is 0.123 e. The summed E-state index contributed by atoms with van der Waals surface area (Å²) in [6.07, 6.45) is 5.82. The molecule has 0 fully saturated rings. The van der Waals surface area contributed by atoms with E-state index in [1.165, 1.54) is 25.3 Å². The van der Waals surface area contributed by atoms with Crippen LogP contribution in [0.4, 0.5) is 4.39 Å². The maximum absolute atomic E-state index is 13.0. The summed E-state index contributed by atoms with van der Waals surface area (Å²) in [5, 5.41) is 4.41. The molecule has 1 aromatic heterocycles. The maximum atomic E-state index is 13.0. The Hall–Kier alpha value is -1.35. The van der Waals surface area contributed by atoms with Crippen molar-refractivity contribution in [2.24, 2.45) is 0 Å². The van der Waals surface area contributed by atoms with Crippen LogP contribution in [0.3, 0.4) is 0 Å². The van der Waals surface area contributed by atoms with Gasteiger partial charge in [0.1, 0.15) is 5.82 Å². The second kappa shape index (κ2) is 6.55. The molecule has 0 saturated heterocycles. The van der Waals surface area contributed by atoms with Crippen LogP contribution in [-0.4, -0.2) is 17.7 Å². The fraction of sp³-hybridized carbons (Fsp3) is 0.467. The number of rotatable bonds is 7. The van der Waals surface area contributed by atoms with Gasteiger partial charge < -0.3 is 9.88 Å². The lowest BCUT2D eigenvalue weighted by Crippen LogP contribution is -2.20. The van der Waals surface area contributed by atoms with Gasteiger partial charge in [-0.15, -0.1) is 0 Å². The first-order chi connectivity index (χ1) is 8.81. The Labute approximate surface area is 108 Å². The van der Waals surface area contributed by atoms with Gasteiger partial charge in [-0.2, -0.15) is 0 Å². The molecular formula is C15H21FN2. The summed E-state index contributed by atoms with van der Waals surface area (Å²) in [6.45, 7) is 5.19. The van der Waals surface area contributed by atoms with E-state index in [1.54, 1.807) is 6.07 Å². The molecule has 0 spiro atoms. The van der Waals surface area contributed by atoms with Crippen molar-refractivity contribution in [3.05, 3.63) is 36.3 Å². The Bertz CT molecular complexity index is 490. The first kappa shape index (κ1) is 13.1. The van der Waals surface area contributed by atoms with Crippen molar-refractivity contribution in [3.63, 3.8) is 0 Å². The summed E-state index contributed by atoms with van der Waals surface area (Å²) in [5.41, 5.74) is 1.10. The van der Waals surface area contributed by atoms with Crippen molar-refractivity contribution in [1.82, 2.24) is 9.88 Å². The quantitative estimate of drug-likeness (QED) is 0.741. The van der Waals surface area contributed by atoms with Gasteiger partial charge in [0.05, 0.1) is 0 Å². The lowest BCUT2D eigenvalue weighted by atomic mass is 10.2. The molecule has 0 amide bonds. The zero-order chi connectivity index (χ0) is 12.8. The highest BCUT2D eigenvalue weighted by atomic mass is 19.1. The predicted molar refractivity (Wildman–Crippen MR) is 74.3 cm³/mol. The molecule has 1 heterocycles. The SMILES string of the molecule is CCCCCNCCn1ccc2cc(F)ccc21. The highest BCUT2D eigenvalue weighted by Crippen LogP contribution is 2.16. The van der Waals surface area contributed by atoms with Crippen LogP contribution in [0.5, 0.6) is 0 Å². The van der Waals surface area contributed by atoms with Crippen molar-refractivity contribution < 1.29 is 4.39 Å².